The Hall–Kier alpha value is -1.61. The Morgan fingerprint density at radius 1 is 1.33 bits per heavy atom. The predicted molar refractivity (Wildman–Crippen MR) is 84.7 cm³/mol. The predicted octanol–water partition coefficient (Wildman–Crippen LogP) is 1.21. The van der Waals surface area contributed by atoms with Gasteiger partial charge in [-0.2, -0.15) is 8.42 Å². The van der Waals surface area contributed by atoms with Crippen LogP contribution in [0.15, 0.2) is 11.6 Å². The molecular weight excluding hydrogens is 338 g/mol. The minimum atomic E-state index is -3.69. The monoisotopic (exact) mass is 361 g/mol. The first kappa shape index (κ1) is 18.7. The average Bonchev–Trinajstić information content (AvgIpc) is 3.11. The van der Waals surface area contributed by atoms with Crippen LogP contribution in [-0.4, -0.2) is 62.0 Å². The number of ether oxygens (including phenoxy) is 2. The van der Waals surface area contributed by atoms with Crippen molar-refractivity contribution in [3.63, 3.8) is 0 Å². The molecule has 1 amide bonds. The molecule has 1 aliphatic carbocycles. The van der Waals surface area contributed by atoms with E-state index in [9.17, 15) is 18.0 Å². The average molecular weight is 361 g/mol. The van der Waals surface area contributed by atoms with Gasteiger partial charge in [-0.25, -0.2) is 9.59 Å². The summed E-state index contributed by atoms with van der Waals surface area (Å²) in [7, 11) is -3.69. The van der Waals surface area contributed by atoms with E-state index in [1.807, 2.05) is 0 Å². The Balaban J connectivity index is 2.23. The summed E-state index contributed by atoms with van der Waals surface area (Å²) in [5, 5.41) is 0. The van der Waals surface area contributed by atoms with Gasteiger partial charge in [0.2, 0.25) is 0 Å². The normalized spacial score (nSPS) is 26.3. The Bertz CT molecular complexity index is 662. The maximum absolute atomic E-state index is 12.3. The van der Waals surface area contributed by atoms with Crippen LogP contribution in [0.5, 0.6) is 0 Å². The molecule has 2 rings (SSSR count). The van der Waals surface area contributed by atoms with Gasteiger partial charge < -0.3 is 9.47 Å². The molecule has 0 aromatic carbocycles. The molecule has 0 aromatic heterocycles. The zero-order valence-electron chi connectivity index (χ0n) is 14.4. The van der Waals surface area contributed by atoms with Crippen LogP contribution in [-0.2, 0) is 28.6 Å². The van der Waals surface area contributed by atoms with E-state index in [-0.39, 0.29) is 13.0 Å². The molecule has 3 atom stereocenters. The lowest BCUT2D eigenvalue weighted by molar-refractivity contribution is -0.138. The molecular formula is C15H23NO7S. The Kier molecular flexibility index (Phi) is 4.96. The molecule has 1 heterocycles. The lowest BCUT2D eigenvalue weighted by Crippen LogP contribution is -2.31. The lowest BCUT2D eigenvalue weighted by atomic mass is 9.97. The minimum absolute atomic E-state index is 0.196. The Morgan fingerprint density at radius 2 is 1.96 bits per heavy atom. The SMILES string of the molecule is CCOC(=O)C1=CC[C@@H](OS(C)(=O)=O)[C@@H]2[C@H]1N2C(=O)OC(C)(C)C. The van der Waals surface area contributed by atoms with Crippen LogP contribution in [0.1, 0.15) is 34.1 Å². The number of carbonyl (C=O) groups is 2. The van der Waals surface area contributed by atoms with Crippen LogP contribution < -0.4 is 0 Å². The van der Waals surface area contributed by atoms with Crippen LogP contribution in [0, 0.1) is 0 Å². The zero-order valence-corrected chi connectivity index (χ0v) is 15.3. The van der Waals surface area contributed by atoms with Gasteiger partial charge in [-0.05, 0) is 34.1 Å². The summed E-state index contributed by atoms with van der Waals surface area (Å²) in [6.45, 7) is 7.08. The van der Waals surface area contributed by atoms with Gasteiger partial charge in [-0.3, -0.25) is 9.08 Å². The summed E-state index contributed by atoms with van der Waals surface area (Å²) in [5.41, 5.74) is -0.370. The Morgan fingerprint density at radius 3 is 2.46 bits per heavy atom. The second kappa shape index (κ2) is 6.36. The van der Waals surface area contributed by atoms with Crippen molar-refractivity contribution in [1.29, 1.82) is 0 Å². The van der Waals surface area contributed by atoms with Crippen molar-refractivity contribution in [2.45, 2.75) is 57.9 Å². The number of fused-ring (bicyclic) bond motifs is 1. The maximum Gasteiger partial charge on any atom is 0.411 e. The van der Waals surface area contributed by atoms with Crippen molar-refractivity contribution in [2.75, 3.05) is 12.9 Å². The van der Waals surface area contributed by atoms with Gasteiger partial charge >= 0.3 is 12.1 Å². The molecule has 0 spiro atoms. The topological polar surface area (TPSA) is 99.0 Å². The molecule has 136 valence electrons. The molecule has 0 bridgehead atoms. The standard InChI is InChI=1S/C15H23NO7S/c1-6-21-13(17)9-7-8-10(23-24(5,19)20)12-11(9)16(12)14(18)22-15(2,3)4/h7,10-12H,6,8H2,1-5H3/t10-,11+,12-,16?/m1/s1. The highest BCUT2D eigenvalue weighted by Gasteiger charge is 2.62. The quantitative estimate of drug-likeness (QED) is 0.421. The molecule has 1 aliphatic heterocycles. The van der Waals surface area contributed by atoms with Gasteiger partial charge in [-0.15, -0.1) is 0 Å². The van der Waals surface area contributed by atoms with Gasteiger partial charge in [0.05, 0.1) is 30.5 Å². The summed E-state index contributed by atoms with van der Waals surface area (Å²) in [5.74, 6) is -0.517. The molecule has 0 N–H and O–H groups in total. The van der Waals surface area contributed by atoms with Gasteiger partial charge in [0.15, 0.2) is 0 Å². The van der Waals surface area contributed by atoms with Crippen LogP contribution in [0.4, 0.5) is 4.79 Å². The first-order valence-corrected chi connectivity index (χ1v) is 9.53. The van der Waals surface area contributed by atoms with Crippen LogP contribution in [0.3, 0.4) is 0 Å². The third-order valence-electron chi connectivity index (χ3n) is 3.54. The molecule has 0 aromatic rings. The third-order valence-corrected chi connectivity index (χ3v) is 4.13. The molecule has 9 heteroatoms. The van der Waals surface area contributed by atoms with Crippen molar-refractivity contribution in [3.8, 4) is 0 Å². The lowest BCUT2D eigenvalue weighted by Gasteiger charge is -2.20. The molecule has 8 nitrogen and oxygen atoms in total. The largest absolute Gasteiger partial charge is 0.463 e. The van der Waals surface area contributed by atoms with Crippen molar-refractivity contribution in [3.05, 3.63) is 11.6 Å². The number of hydrogen-bond donors (Lipinski definition) is 0. The zero-order chi connectivity index (χ0) is 18.3. The second-order valence-corrected chi connectivity index (χ2v) is 8.38. The van der Waals surface area contributed by atoms with Gasteiger partial charge in [-0.1, -0.05) is 6.08 Å². The van der Waals surface area contributed by atoms with E-state index in [1.165, 1.54) is 4.90 Å². The van der Waals surface area contributed by atoms with Gasteiger partial charge in [0, 0.05) is 0 Å². The van der Waals surface area contributed by atoms with Crippen molar-refractivity contribution in [1.82, 2.24) is 4.90 Å². The van der Waals surface area contributed by atoms with E-state index in [1.54, 1.807) is 33.8 Å². The first-order valence-electron chi connectivity index (χ1n) is 7.71. The molecule has 0 saturated carbocycles. The van der Waals surface area contributed by atoms with Crippen molar-refractivity contribution in [2.24, 2.45) is 0 Å². The minimum Gasteiger partial charge on any atom is -0.463 e. The van der Waals surface area contributed by atoms with E-state index in [0.717, 1.165) is 6.26 Å². The summed E-state index contributed by atoms with van der Waals surface area (Å²) in [6.07, 6.45) is 1.36. The highest BCUT2D eigenvalue weighted by atomic mass is 32.2. The molecule has 24 heavy (non-hydrogen) atoms. The van der Waals surface area contributed by atoms with E-state index in [0.29, 0.717) is 5.57 Å². The highest BCUT2D eigenvalue weighted by molar-refractivity contribution is 7.86. The number of amides is 1. The van der Waals surface area contributed by atoms with E-state index >= 15 is 0 Å². The van der Waals surface area contributed by atoms with Crippen LogP contribution in [0.2, 0.25) is 0 Å². The third kappa shape index (κ3) is 4.27. The smallest absolute Gasteiger partial charge is 0.411 e. The number of esters is 1. The van der Waals surface area contributed by atoms with Crippen molar-refractivity contribution >= 4 is 22.2 Å². The molecule has 0 unspecified atom stereocenters. The highest BCUT2D eigenvalue weighted by Crippen LogP contribution is 2.44. The molecule has 1 fully saturated rings. The summed E-state index contributed by atoms with van der Waals surface area (Å²) in [6, 6.07) is -1.14. The number of nitrogens with zero attached hydrogens (tertiary/aromatic N) is 1. The first-order chi connectivity index (χ1) is 10.9. The molecule has 2 aliphatic rings. The Labute approximate surface area is 141 Å². The fraction of sp³-hybridized carbons (Fsp3) is 0.733. The van der Waals surface area contributed by atoms with E-state index in [2.05, 4.69) is 0 Å². The summed E-state index contributed by atoms with van der Waals surface area (Å²) < 4.78 is 38.2. The van der Waals surface area contributed by atoms with E-state index < -0.39 is 46.0 Å². The fourth-order valence-corrected chi connectivity index (χ4v) is 3.40. The summed E-state index contributed by atoms with van der Waals surface area (Å²) >= 11 is 0. The molecule has 1 saturated heterocycles. The number of hydrogen-bond acceptors (Lipinski definition) is 7. The second-order valence-electron chi connectivity index (χ2n) is 6.78. The maximum atomic E-state index is 12.3. The number of rotatable bonds is 4. The number of carbonyl (C=O) groups excluding carboxylic acids is 2. The van der Waals surface area contributed by atoms with Crippen LogP contribution in [0.25, 0.3) is 0 Å². The fourth-order valence-electron chi connectivity index (χ4n) is 2.76. The molecule has 0 radical (unpaired) electrons. The van der Waals surface area contributed by atoms with Gasteiger partial charge in [0.25, 0.3) is 10.1 Å². The van der Waals surface area contributed by atoms with Crippen molar-refractivity contribution < 1.29 is 31.7 Å². The van der Waals surface area contributed by atoms with Crippen LogP contribution >= 0.6 is 0 Å². The summed E-state index contributed by atoms with van der Waals surface area (Å²) in [4.78, 5) is 25.7. The van der Waals surface area contributed by atoms with Gasteiger partial charge in [0.1, 0.15) is 11.7 Å². The van der Waals surface area contributed by atoms with E-state index in [4.69, 9.17) is 13.7 Å².